The highest BCUT2D eigenvalue weighted by Crippen LogP contribution is 2.59. The number of halogens is 1. The van der Waals surface area contributed by atoms with Crippen molar-refractivity contribution in [2.75, 3.05) is 6.54 Å². The molecule has 0 aromatic carbocycles. The van der Waals surface area contributed by atoms with Crippen LogP contribution in [0.25, 0.3) is 0 Å². The summed E-state index contributed by atoms with van der Waals surface area (Å²) >= 11 is 0. The van der Waals surface area contributed by atoms with Crippen LogP contribution >= 0.6 is 24.0 Å². The molecule has 16 heavy (non-hydrogen) atoms. The van der Waals surface area contributed by atoms with Crippen LogP contribution in [0, 0.1) is 23.2 Å². The van der Waals surface area contributed by atoms with Crippen LogP contribution in [0.5, 0.6) is 0 Å². The fourth-order valence-corrected chi connectivity index (χ4v) is 4.74. The first-order valence-corrected chi connectivity index (χ1v) is 6.21. The van der Waals surface area contributed by atoms with Gasteiger partial charge in [-0.05, 0) is 61.7 Å². The molecule has 0 radical (unpaired) electrons. The predicted molar refractivity (Wildman–Crippen MR) is 76.7 cm³/mol. The molecule has 4 rings (SSSR count). The summed E-state index contributed by atoms with van der Waals surface area (Å²) in [5.74, 6) is 3.24. The average molecular weight is 335 g/mol. The van der Waals surface area contributed by atoms with Crippen LogP contribution < -0.4 is 11.5 Å². The largest absolute Gasteiger partial charge is 0.370 e. The highest BCUT2D eigenvalue weighted by atomic mass is 127. The van der Waals surface area contributed by atoms with Gasteiger partial charge in [0.05, 0.1) is 0 Å². The molecule has 0 atom stereocenters. The fourth-order valence-electron chi connectivity index (χ4n) is 4.74. The Morgan fingerprint density at radius 3 is 1.81 bits per heavy atom. The molecule has 4 fully saturated rings. The molecule has 4 aliphatic rings. The molecule has 0 spiro atoms. The first kappa shape index (κ1) is 12.5. The van der Waals surface area contributed by atoms with E-state index in [1.54, 1.807) is 0 Å². The van der Waals surface area contributed by atoms with Gasteiger partial charge < -0.3 is 11.5 Å². The zero-order valence-electron chi connectivity index (χ0n) is 9.69. The molecule has 4 aliphatic carbocycles. The van der Waals surface area contributed by atoms with Gasteiger partial charge in [-0.2, -0.15) is 0 Å². The SMILES string of the molecule is I.NC(N)=NCC12CC3CC(CC(C3)C1)C2. The van der Waals surface area contributed by atoms with Gasteiger partial charge in [0.1, 0.15) is 0 Å². The maximum atomic E-state index is 5.45. The van der Waals surface area contributed by atoms with Gasteiger partial charge in [0.25, 0.3) is 0 Å². The summed E-state index contributed by atoms with van der Waals surface area (Å²) in [6.45, 7) is 0.888. The summed E-state index contributed by atoms with van der Waals surface area (Å²) in [6, 6.07) is 0. The maximum absolute atomic E-state index is 5.45. The van der Waals surface area contributed by atoms with E-state index in [-0.39, 0.29) is 29.9 Å². The van der Waals surface area contributed by atoms with Crippen molar-refractivity contribution in [3.05, 3.63) is 0 Å². The molecule has 0 unspecified atom stereocenters. The smallest absolute Gasteiger partial charge is 0.185 e. The van der Waals surface area contributed by atoms with E-state index in [9.17, 15) is 0 Å². The first-order valence-electron chi connectivity index (χ1n) is 6.21. The number of aliphatic imine (C=N–C) groups is 1. The summed E-state index contributed by atoms with van der Waals surface area (Å²) in [5, 5.41) is 0. The Balaban J connectivity index is 0.000000963. The lowest BCUT2D eigenvalue weighted by molar-refractivity contribution is -0.0465. The molecule has 0 aromatic rings. The second-order valence-electron chi connectivity index (χ2n) is 6.16. The van der Waals surface area contributed by atoms with E-state index < -0.39 is 0 Å². The molecule has 92 valence electrons. The second kappa shape index (κ2) is 4.35. The Morgan fingerprint density at radius 1 is 1.00 bits per heavy atom. The normalized spacial score (nSPS) is 43.9. The summed E-state index contributed by atoms with van der Waals surface area (Å²) in [4.78, 5) is 4.29. The van der Waals surface area contributed by atoms with Crippen molar-refractivity contribution in [2.45, 2.75) is 38.5 Å². The van der Waals surface area contributed by atoms with E-state index >= 15 is 0 Å². The van der Waals surface area contributed by atoms with Crippen LogP contribution in [0.1, 0.15) is 38.5 Å². The number of rotatable bonds is 2. The zero-order chi connectivity index (χ0) is 10.5. The van der Waals surface area contributed by atoms with E-state index in [0.29, 0.717) is 5.41 Å². The van der Waals surface area contributed by atoms with Crippen LogP contribution in [0.15, 0.2) is 4.99 Å². The van der Waals surface area contributed by atoms with Gasteiger partial charge in [0.2, 0.25) is 0 Å². The summed E-state index contributed by atoms with van der Waals surface area (Å²) in [5.41, 5.74) is 11.4. The van der Waals surface area contributed by atoms with Gasteiger partial charge in [0, 0.05) is 6.54 Å². The maximum Gasteiger partial charge on any atom is 0.185 e. The molecule has 0 amide bonds. The Bertz CT molecular complexity index is 261. The number of hydrogen-bond acceptors (Lipinski definition) is 1. The standard InChI is InChI=1S/C12H21N3.HI/c13-11(14)15-7-12-4-8-1-9(5-12)3-10(2-8)6-12;/h8-10H,1-7H2,(H4,13,14,15);1H. The van der Waals surface area contributed by atoms with Crippen molar-refractivity contribution >= 4 is 29.9 Å². The van der Waals surface area contributed by atoms with Gasteiger partial charge in [-0.25, -0.2) is 0 Å². The molecule has 0 saturated heterocycles. The molecule has 4 heteroatoms. The minimum atomic E-state index is 0. The van der Waals surface area contributed by atoms with Crippen molar-refractivity contribution in [3.8, 4) is 0 Å². The Kier molecular flexibility index (Phi) is 3.39. The van der Waals surface area contributed by atoms with Gasteiger partial charge in [-0.3, -0.25) is 4.99 Å². The highest BCUT2D eigenvalue weighted by Gasteiger charge is 2.50. The quantitative estimate of drug-likeness (QED) is 0.461. The van der Waals surface area contributed by atoms with E-state index in [0.717, 1.165) is 24.3 Å². The Labute approximate surface area is 114 Å². The van der Waals surface area contributed by atoms with E-state index in [4.69, 9.17) is 11.5 Å². The van der Waals surface area contributed by atoms with Crippen LogP contribution in [-0.2, 0) is 0 Å². The van der Waals surface area contributed by atoms with Crippen LogP contribution in [-0.4, -0.2) is 12.5 Å². The predicted octanol–water partition coefficient (Wildman–Crippen LogP) is 2.09. The average Bonchev–Trinajstić information content (AvgIpc) is 2.12. The van der Waals surface area contributed by atoms with E-state index in [2.05, 4.69) is 4.99 Å². The second-order valence-corrected chi connectivity index (χ2v) is 6.16. The van der Waals surface area contributed by atoms with Gasteiger partial charge in [0.15, 0.2) is 5.96 Å². The molecule has 3 nitrogen and oxygen atoms in total. The molecular formula is C12H22IN3. The zero-order valence-corrected chi connectivity index (χ0v) is 12.0. The lowest BCUT2D eigenvalue weighted by atomic mass is 9.49. The number of nitrogens with zero attached hydrogens (tertiary/aromatic N) is 1. The van der Waals surface area contributed by atoms with Crippen LogP contribution in [0.4, 0.5) is 0 Å². The minimum absolute atomic E-state index is 0. The summed E-state index contributed by atoms with van der Waals surface area (Å²) in [6.07, 6.45) is 8.62. The molecule has 0 aliphatic heterocycles. The molecule has 0 aromatic heterocycles. The monoisotopic (exact) mass is 335 g/mol. The summed E-state index contributed by atoms with van der Waals surface area (Å²) < 4.78 is 0. The Hall–Kier alpha value is 0. The van der Waals surface area contributed by atoms with Crippen molar-refractivity contribution in [1.29, 1.82) is 0 Å². The Morgan fingerprint density at radius 2 is 1.44 bits per heavy atom. The third kappa shape index (κ3) is 2.17. The van der Waals surface area contributed by atoms with E-state index in [1.165, 1.54) is 38.5 Å². The third-order valence-corrected chi connectivity index (χ3v) is 4.76. The van der Waals surface area contributed by atoms with Crippen LogP contribution in [0.3, 0.4) is 0 Å². The first-order chi connectivity index (χ1) is 7.15. The van der Waals surface area contributed by atoms with Crippen molar-refractivity contribution in [3.63, 3.8) is 0 Å². The van der Waals surface area contributed by atoms with Gasteiger partial charge >= 0.3 is 0 Å². The molecular weight excluding hydrogens is 313 g/mol. The number of nitrogens with two attached hydrogens (primary N) is 2. The molecule has 4 saturated carbocycles. The lowest BCUT2D eigenvalue weighted by Gasteiger charge is -2.56. The topological polar surface area (TPSA) is 64.4 Å². The third-order valence-electron chi connectivity index (χ3n) is 4.76. The van der Waals surface area contributed by atoms with Gasteiger partial charge in [-0.1, -0.05) is 0 Å². The van der Waals surface area contributed by atoms with Crippen molar-refractivity contribution < 1.29 is 0 Å². The lowest BCUT2D eigenvalue weighted by Crippen LogP contribution is -2.47. The van der Waals surface area contributed by atoms with Crippen molar-refractivity contribution in [2.24, 2.45) is 39.6 Å². The van der Waals surface area contributed by atoms with E-state index in [1.807, 2.05) is 0 Å². The summed E-state index contributed by atoms with van der Waals surface area (Å²) in [7, 11) is 0. The van der Waals surface area contributed by atoms with Crippen molar-refractivity contribution in [1.82, 2.24) is 0 Å². The number of guanidine groups is 1. The molecule has 0 heterocycles. The molecule has 4 N–H and O–H groups in total. The number of hydrogen-bond donors (Lipinski definition) is 2. The van der Waals surface area contributed by atoms with Crippen LogP contribution in [0.2, 0.25) is 0 Å². The van der Waals surface area contributed by atoms with Gasteiger partial charge in [-0.15, -0.1) is 24.0 Å². The molecule has 4 bridgehead atoms. The highest BCUT2D eigenvalue weighted by molar-refractivity contribution is 14.0. The minimum Gasteiger partial charge on any atom is -0.370 e. The fraction of sp³-hybridized carbons (Fsp3) is 0.917.